The Morgan fingerprint density at radius 3 is 2.48 bits per heavy atom. The molecule has 12 heteroatoms. The molecule has 1 fully saturated rings. The van der Waals surface area contributed by atoms with E-state index in [0.29, 0.717) is 11.3 Å². The van der Waals surface area contributed by atoms with E-state index in [1.54, 1.807) is 0 Å². The van der Waals surface area contributed by atoms with Crippen LogP contribution in [0.15, 0.2) is 52.9 Å². The number of halogens is 4. The number of nitrogens with one attached hydrogen (secondary N) is 1. The smallest absolute Gasteiger partial charge is 0.407 e. The summed E-state index contributed by atoms with van der Waals surface area (Å²) in [6.07, 6.45) is -4.78. The van der Waals surface area contributed by atoms with Crippen LogP contribution in [0.5, 0.6) is 5.75 Å². The number of hydrogen-bond acceptors (Lipinski definition) is 6. The highest BCUT2D eigenvalue weighted by atomic mass is 19.4. The van der Waals surface area contributed by atoms with Crippen molar-refractivity contribution in [3.63, 3.8) is 0 Å². The van der Waals surface area contributed by atoms with Gasteiger partial charge in [-0.25, -0.2) is 4.39 Å². The first-order valence-corrected chi connectivity index (χ1v) is 9.70. The van der Waals surface area contributed by atoms with Gasteiger partial charge in [0, 0.05) is 18.7 Å². The largest absolute Gasteiger partial charge is 0.573 e. The van der Waals surface area contributed by atoms with Crippen LogP contribution in [0.4, 0.5) is 29.3 Å². The molecule has 8 nitrogen and oxygen atoms in total. The average Bonchev–Trinajstić information content (AvgIpc) is 3.36. The van der Waals surface area contributed by atoms with Gasteiger partial charge in [0.15, 0.2) is 0 Å². The Kier molecular flexibility index (Phi) is 5.99. The van der Waals surface area contributed by atoms with Crippen LogP contribution < -0.4 is 15.0 Å². The van der Waals surface area contributed by atoms with E-state index >= 15 is 0 Å². The van der Waals surface area contributed by atoms with Gasteiger partial charge in [0.2, 0.25) is 17.7 Å². The quantitative estimate of drug-likeness (QED) is 0.558. The first kappa shape index (κ1) is 22.2. The highest BCUT2D eigenvalue weighted by Gasteiger charge is 2.35. The summed E-state index contributed by atoms with van der Waals surface area (Å²) in [5.41, 5.74) is 0.988. The second-order valence-corrected chi connectivity index (χ2v) is 7.24. The maximum Gasteiger partial charge on any atom is 0.573 e. The monoisotopic (exact) mass is 464 g/mol. The van der Waals surface area contributed by atoms with E-state index in [1.165, 1.54) is 41.3 Å². The molecule has 1 N–H and O–H groups in total. The molecule has 1 aliphatic rings. The number of hydrogen-bond donors (Lipinski definition) is 1. The van der Waals surface area contributed by atoms with E-state index in [4.69, 9.17) is 4.42 Å². The van der Waals surface area contributed by atoms with Crippen LogP contribution in [0, 0.1) is 5.82 Å². The fraction of sp³-hybridized carbons (Fsp3) is 0.238. The van der Waals surface area contributed by atoms with Gasteiger partial charge in [0.1, 0.15) is 11.6 Å². The minimum atomic E-state index is -4.81. The third-order valence-corrected chi connectivity index (χ3v) is 4.82. The summed E-state index contributed by atoms with van der Waals surface area (Å²) in [7, 11) is 0. The number of amides is 2. The standard InChI is InChI=1S/C21H16F4N4O4/c22-14-3-1-12(2-4-14)9-17(30)26-20-28-27-19(32-20)13-10-18(31)29(11-13)15-5-7-16(8-6-15)33-21(23,24)25/h1-8,13H,9-11H2,(H,26,28,30). The molecule has 1 aliphatic heterocycles. The lowest BCUT2D eigenvalue weighted by Crippen LogP contribution is -2.24. The van der Waals surface area contributed by atoms with E-state index < -0.39 is 29.8 Å². The van der Waals surface area contributed by atoms with Gasteiger partial charge in [-0.05, 0) is 42.0 Å². The van der Waals surface area contributed by atoms with Crippen LogP contribution in [0.1, 0.15) is 23.8 Å². The summed E-state index contributed by atoms with van der Waals surface area (Å²) in [5, 5.41) is 10.1. The van der Waals surface area contributed by atoms with Gasteiger partial charge in [-0.1, -0.05) is 17.2 Å². The van der Waals surface area contributed by atoms with Gasteiger partial charge in [-0.2, -0.15) is 0 Å². The van der Waals surface area contributed by atoms with Gasteiger partial charge < -0.3 is 14.1 Å². The van der Waals surface area contributed by atoms with Crippen molar-refractivity contribution in [3.05, 3.63) is 65.8 Å². The van der Waals surface area contributed by atoms with E-state index in [1.807, 2.05) is 0 Å². The number of rotatable bonds is 6. The Bertz CT molecular complexity index is 1150. The van der Waals surface area contributed by atoms with Gasteiger partial charge in [-0.15, -0.1) is 18.3 Å². The first-order chi connectivity index (χ1) is 15.7. The summed E-state index contributed by atoms with van der Waals surface area (Å²) in [6.45, 7) is 0.170. The number of anilines is 2. The highest BCUT2D eigenvalue weighted by Crippen LogP contribution is 2.33. The second kappa shape index (κ2) is 8.88. The van der Waals surface area contributed by atoms with Gasteiger partial charge in [0.05, 0.1) is 12.3 Å². The molecule has 0 aliphatic carbocycles. The fourth-order valence-corrected chi connectivity index (χ4v) is 3.35. The number of nitrogens with zero attached hydrogens (tertiary/aromatic N) is 3. The van der Waals surface area contributed by atoms with Crippen LogP contribution >= 0.6 is 0 Å². The maximum atomic E-state index is 13.0. The van der Waals surface area contributed by atoms with Gasteiger partial charge in [0.25, 0.3) is 0 Å². The number of alkyl halides is 3. The lowest BCUT2D eigenvalue weighted by atomic mass is 10.1. The summed E-state index contributed by atoms with van der Waals surface area (Å²) < 4.78 is 59.1. The van der Waals surface area contributed by atoms with E-state index in [0.717, 1.165) is 12.1 Å². The molecular weight excluding hydrogens is 448 g/mol. The molecule has 172 valence electrons. The van der Waals surface area contributed by atoms with Crippen molar-refractivity contribution in [2.24, 2.45) is 0 Å². The third kappa shape index (κ3) is 5.64. The second-order valence-electron chi connectivity index (χ2n) is 7.24. The molecule has 0 bridgehead atoms. The Morgan fingerprint density at radius 2 is 1.82 bits per heavy atom. The molecule has 3 aromatic rings. The summed E-state index contributed by atoms with van der Waals surface area (Å²) >= 11 is 0. The van der Waals surface area contributed by atoms with Crippen LogP contribution in [-0.2, 0) is 16.0 Å². The number of benzene rings is 2. The molecule has 0 spiro atoms. The average molecular weight is 464 g/mol. The number of carbonyl (C=O) groups is 2. The molecular formula is C21H16F4N4O4. The van der Waals surface area contributed by atoms with Crippen molar-refractivity contribution in [2.75, 3.05) is 16.8 Å². The molecule has 2 amide bonds. The van der Waals surface area contributed by atoms with Crippen molar-refractivity contribution in [2.45, 2.75) is 25.1 Å². The maximum absolute atomic E-state index is 13.0. The van der Waals surface area contributed by atoms with Crippen LogP contribution in [0.25, 0.3) is 0 Å². The van der Waals surface area contributed by atoms with Crippen molar-refractivity contribution < 1.29 is 36.3 Å². The first-order valence-electron chi connectivity index (χ1n) is 9.70. The number of ether oxygens (including phenoxy) is 1. The van der Waals surface area contributed by atoms with E-state index in [9.17, 15) is 27.2 Å². The molecule has 2 heterocycles. The molecule has 1 saturated heterocycles. The van der Waals surface area contributed by atoms with Crippen molar-refractivity contribution >= 4 is 23.5 Å². The molecule has 1 unspecified atom stereocenters. The molecule has 0 saturated carbocycles. The SMILES string of the molecule is O=C(Cc1ccc(F)cc1)Nc1nnc(C2CC(=O)N(c3ccc(OC(F)(F)F)cc3)C2)o1. The van der Waals surface area contributed by atoms with Crippen molar-refractivity contribution in [1.29, 1.82) is 0 Å². The molecule has 2 aromatic carbocycles. The zero-order chi connectivity index (χ0) is 23.6. The number of carbonyl (C=O) groups excluding carboxylic acids is 2. The topological polar surface area (TPSA) is 97.6 Å². The van der Waals surface area contributed by atoms with Gasteiger partial charge in [-0.3, -0.25) is 14.9 Å². The molecule has 1 atom stereocenters. The van der Waals surface area contributed by atoms with Crippen molar-refractivity contribution in [1.82, 2.24) is 10.2 Å². The zero-order valence-corrected chi connectivity index (χ0v) is 16.8. The van der Waals surface area contributed by atoms with E-state index in [2.05, 4.69) is 20.3 Å². The molecule has 1 aromatic heterocycles. The molecule has 33 heavy (non-hydrogen) atoms. The Balaban J connectivity index is 1.36. The minimum Gasteiger partial charge on any atom is -0.407 e. The predicted molar refractivity (Wildman–Crippen MR) is 106 cm³/mol. The third-order valence-electron chi connectivity index (χ3n) is 4.82. The van der Waals surface area contributed by atoms with Crippen LogP contribution in [-0.4, -0.2) is 34.9 Å². The summed E-state index contributed by atoms with van der Waals surface area (Å²) in [4.78, 5) is 25.9. The van der Waals surface area contributed by atoms with E-state index in [-0.39, 0.29) is 37.2 Å². The lowest BCUT2D eigenvalue weighted by Gasteiger charge is -2.17. The zero-order valence-electron chi connectivity index (χ0n) is 16.8. The Labute approximate surface area is 184 Å². The van der Waals surface area contributed by atoms with Crippen LogP contribution in [0.3, 0.4) is 0 Å². The fourth-order valence-electron chi connectivity index (χ4n) is 3.35. The number of aromatic nitrogens is 2. The summed E-state index contributed by atoms with van der Waals surface area (Å²) in [5.74, 6) is -1.84. The van der Waals surface area contributed by atoms with Gasteiger partial charge >= 0.3 is 12.4 Å². The Hall–Kier alpha value is -3.96. The predicted octanol–water partition coefficient (Wildman–Crippen LogP) is 3.81. The minimum absolute atomic E-state index is 0.0261. The Morgan fingerprint density at radius 1 is 1.12 bits per heavy atom. The van der Waals surface area contributed by atoms with Crippen molar-refractivity contribution in [3.8, 4) is 5.75 Å². The summed E-state index contributed by atoms with van der Waals surface area (Å²) in [6, 6.07) is 10.2. The molecule has 4 rings (SSSR count). The lowest BCUT2D eigenvalue weighted by molar-refractivity contribution is -0.274. The molecule has 0 radical (unpaired) electrons. The normalized spacial score (nSPS) is 16.2. The highest BCUT2D eigenvalue weighted by molar-refractivity contribution is 5.96. The van der Waals surface area contributed by atoms with Crippen LogP contribution in [0.2, 0.25) is 0 Å².